The molecule has 1 heteroatoms. The van der Waals surface area contributed by atoms with Gasteiger partial charge in [0.25, 0.3) is 0 Å². The van der Waals surface area contributed by atoms with Crippen LogP contribution >= 0.6 is 0 Å². The molecule has 0 aliphatic carbocycles. The Labute approximate surface area is 173 Å². The van der Waals surface area contributed by atoms with Crippen molar-refractivity contribution in [2.24, 2.45) is 0 Å². The first-order chi connectivity index (χ1) is 14.2. The Balaban J connectivity index is 1.87. The molecule has 0 saturated heterocycles. The molecule has 0 atom stereocenters. The monoisotopic (exact) mass is 375 g/mol. The van der Waals surface area contributed by atoms with Gasteiger partial charge in [-0.25, -0.2) is 0 Å². The van der Waals surface area contributed by atoms with Crippen LogP contribution in [0.5, 0.6) is 0 Å². The Kier molecular flexibility index (Phi) is 5.31. The number of nitrogens with zero attached hydrogens (tertiary/aromatic N) is 1. The Hall–Kier alpha value is -3.58. The van der Waals surface area contributed by atoms with Crippen LogP contribution in [0.25, 0.3) is 22.9 Å². The molecule has 0 radical (unpaired) electrons. The smallest absolute Gasteiger partial charge is 0.0491 e. The normalized spacial score (nSPS) is 11.1. The Morgan fingerprint density at radius 3 is 2.31 bits per heavy atom. The molecule has 4 rings (SSSR count). The number of hydrogen-bond acceptors (Lipinski definition) is 1. The van der Waals surface area contributed by atoms with E-state index in [1.807, 2.05) is 12.1 Å². The maximum atomic E-state index is 3.95. The second-order valence-corrected chi connectivity index (χ2v) is 7.29. The third-order valence-electron chi connectivity index (χ3n) is 5.33. The quantitative estimate of drug-likeness (QED) is 0.342. The van der Waals surface area contributed by atoms with Crippen molar-refractivity contribution in [2.75, 3.05) is 4.90 Å². The first-order valence-electron chi connectivity index (χ1n) is 9.91. The van der Waals surface area contributed by atoms with E-state index in [2.05, 4.69) is 116 Å². The highest BCUT2D eigenvalue weighted by Gasteiger charge is 2.12. The van der Waals surface area contributed by atoms with E-state index in [0.29, 0.717) is 0 Å². The fourth-order valence-electron chi connectivity index (χ4n) is 3.76. The van der Waals surface area contributed by atoms with Crippen LogP contribution in [0.1, 0.15) is 22.3 Å². The third kappa shape index (κ3) is 3.86. The molecule has 1 nitrogen and oxygen atoms in total. The summed E-state index contributed by atoms with van der Waals surface area (Å²) >= 11 is 0. The number of rotatable bonds is 5. The largest absolute Gasteiger partial charge is 0.317 e. The highest BCUT2D eigenvalue weighted by molar-refractivity contribution is 5.91. The fraction of sp³-hybridized carbons (Fsp3) is 0.0714. The summed E-state index contributed by atoms with van der Waals surface area (Å²) in [5, 5.41) is 2.54. The molecule has 0 saturated carbocycles. The number of fused-ring (bicyclic) bond motifs is 1. The molecule has 0 N–H and O–H groups in total. The molecular weight excluding hydrogens is 350 g/mol. The molecule has 0 spiro atoms. The molecule has 4 aromatic rings. The van der Waals surface area contributed by atoms with Gasteiger partial charge in [0.2, 0.25) is 0 Å². The summed E-state index contributed by atoms with van der Waals surface area (Å²) in [7, 11) is 0. The van der Waals surface area contributed by atoms with Crippen LogP contribution in [0.4, 0.5) is 11.4 Å². The zero-order chi connectivity index (χ0) is 20.2. The number of hydrogen-bond donors (Lipinski definition) is 0. The van der Waals surface area contributed by atoms with Crippen molar-refractivity contribution in [1.29, 1.82) is 0 Å². The molecule has 0 fully saturated rings. The molecule has 0 aliphatic rings. The average molecular weight is 376 g/mol. The predicted molar refractivity (Wildman–Crippen MR) is 128 cm³/mol. The molecule has 29 heavy (non-hydrogen) atoms. The summed E-state index contributed by atoms with van der Waals surface area (Å²) < 4.78 is 0. The zero-order valence-electron chi connectivity index (χ0n) is 17.0. The van der Waals surface area contributed by atoms with Gasteiger partial charge in [-0.15, -0.1) is 0 Å². The predicted octanol–water partition coefficient (Wildman–Crippen LogP) is 7.91. The first-order valence-corrected chi connectivity index (χ1v) is 9.91. The minimum Gasteiger partial charge on any atom is -0.317 e. The molecule has 142 valence electrons. The van der Waals surface area contributed by atoms with Crippen molar-refractivity contribution in [2.45, 2.75) is 13.8 Å². The van der Waals surface area contributed by atoms with Crippen molar-refractivity contribution in [3.63, 3.8) is 0 Å². The van der Waals surface area contributed by atoms with Crippen LogP contribution in [-0.4, -0.2) is 0 Å². The lowest BCUT2D eigenvalue weighted by atomic mass is 10.0. The summed E-state index contributed by atoms with van der Waals surface area (Å²) in [4.78, 5) is 2.27. The van der Waals surface area contributed by atoms with E-state index in [9.17, 15) is 0 Å². The minimum atomic E-state index is 1.13. The van der Waals surface area contributed by atoms with Gasteiger partial charge in [-0.2, -0.15) is 0 Å². The average Bonchev–Trinajstić information content (AvgIpc) is 2.76. The summed E-state index contributed by atoms with van der Waals surface area (Å²) in [6.07, 6.45) is 6.22. The van der Waals surface area contributed by atoms with Crippen LogP contribution in [0.3, 0.4) is 0 Å². The second-order valence-electron chi connectivity index (χ2n) is 7.29. The molecule has 0 amide bonds. The van der Waals surface area contributed by atoms with E-state index < -0.39 is 0 Å². The van der Waals surface area contributed by atoms with E-state index in [1.165, 1.54) is 27.6 Å². The summed E-state index contributed by atoms with van der Waals surface area (Å²) in [5.41, 5.74) is 7.12. The van der Waals surface area contributed by atoms with Gasteiger partial charge in [0.05, 0.1) is 0 Å². The molecule has 0 bridgehead atoms. The van der Waals surface area contributed by atoms with E-state index in [0.717, 1.165) is 16.8 Å². The van der Waals surface area contributed by atoms with Crippen molar-refractivity contribution in [1.82, 2.24) is 0 Å². The maximum absolute atomic E-state index is 3.95. The van der Waals surface area contributed by atoms with Crippen LogP contribution in [0.15, 0.2) is 97.7 Å². The van der Waals surface area contributed by atoms with Crippen LogP contribution in [0, 0.1) is 13.8 Å². The minimum absolute atomic E-state index is 1.13. The molecule has 0 unspecified atom stereocenters. The molecule has 0 aliphatic heterocycles. The number of benzene rings is 4. The Bertz CT molecular complexity index is 1200. The van der Waals surface area contributed by atoms with E-state index in [1.54, 1.807) is 0 Å². The zero-order valence-corrected chi connectivity index (χ0v) is 17.0. The molecule has 0 heterocycles. The topological polar surface area (TPSA) is 3.24 Å². The van der Waals surface area contributed by atoms with Gasteiger partial charge in [-0.3, -0.25) is 0 Å². The van der Waals surface area contributed by atoms with Crippen molar-refractivity contribution >= 4 is 34.3 Å². The Morgan fingerprint density at radius 1 is 0.759 bits per heavy atom. The van der Waals surface area contributed by atoms with Gasteiger partial charge in [0.15, 0.2) is 0 Å². The van der Waals surface area contributed by atoms with Gasteiger partial charge in [0, 0.05) is 17.6 Å². The SMILES string of the molecule is C=Cc1ccccc1/C=C\N(c1cccc(C)c1)c1ccc2ccccc2c1C. The van der Waals surface area contributed by atoms with E-state index in [4.69, 9.17) is 0 Å². The first kappa shape index (κ1) is 18.8. The Morgan fingerprint density at radius 2 is 1.52 bits per heavy atom. The lowest BCUT2D eigenvalue weighted by Crippen LogP contribution is -2.10. The summed E-state index contributed by atoms with van der Waals surface area (Å²) in [5.74, 6) is 0. The standard InChI is InChI=1S/C28H25N/c1-4-23-11-5-6-12-24(23)18-19-29(26-14-9-10-21(2)20-26)28-17-16-25-13-7-8-15-27(25)22(28)3/h4-20H,1H2,2-3H3/b19-18-. The summed E-state index contributed by atoms with van der Waals surface area (Å²) in [6.45, 7) is 8.28. The summed E-state index contributed by atoms with van der Waals surface area (Å²) in [6, 6.07) is 29.9. The van der Waals surface area contributed by atoms with Crippen LogP contribution in [-0.2, 0) is 0 Å². The van der Waals surface area contributed by atoms with Crippen LogP contribution in [0.2, 0.25) is 0 Å². The van der Waals surface area contributed by atoms with Gasteiger partial charge in [0.1, 0.15) is 0 Å². The van der Waals surface area contributed by atoms with Gasteiger partial charge >= 0.3 is 0 Å². The third-order valence-corrected chi connectivity index (χ3v) is 5.33. The number of aryl methyl sites for hydroxylation is 2. The van der Waals surface area contributed by atoms with Crippen molar-refractivity contribution < 1.29 is 0 Å². The highest BCUT2D eigenvalue weighted by Crippen LogP contribution is 2.34. The van der Waals surface area contributed by atoms with E-state index in [-0.39, 0.29) is 0 Å². The van der Waals surface area contributed by atoms with Crippen molar-refractivity contribution in [3.05, 3.63) is 120 Å². The van der Waals surface area contributed by atoms with Crippen molar-refractivity contribution in [3.8, 4) is 0 Å². The highest BCUT2D eigenvalue weighted by atomic mass is 15.1. The maximum Gasteiger partial charge on any atom is 0.0491 e. The van der Waals surface area contributed by atoms with Gasteiger partial charge in [-0.05, 0) is 71.1 Å². The second kappa shape index (κ2) is 8.20. The number of anilines is 2. The molecule has 4 aromatic carbocycles. The lowest BCUT2D eigenvalue weighted by Gasteiger charge is -2.24. The van der Waals surface area contributed by atoms with Crippen LogP contribution < -0.4 is 4.90 Å². The fourth-order valence-corrected chi connectivity index (χ4v) is 3.76. The van der Waals surface area contributed by atoms with E-state index >= 15 is 0 Å². The molecule has 0 aromatic heterocycles. The molecular formula is C28H25N. The van der Waals surface area contributed by atoms with Gasteiger partial charge < -0.3 is 4.90 Å². The van der Waals surface area contributed by atoms with Gasteiger partial charge in [-0.1, -0.05) is 79.4 Å². The lowest BCUT2D eigenvalue weighted by molar-refractivity contribution is 1.26.